The normalized spacial score (nSPS) is 58.7. The predicted octanol–water partition coefficient (Wildman–Crippen LogP) is 3.61. The molecule has 0 aliphatic heterocycles. The molecule has 0 radical (unpaired) electrons. The van der Waals surface area contributed by atoms with Gasteiger partial charge in [-0.25, -0.2) is 0 Å². The van der Waals surface area contributed by atoms with E-state index in [2.05, 4.69) is 27.7 Å². The van der Waals surface area contributed by atoms with Crippen LogP contribution in [0.1, 0.15) is 59.8 Å². The van der Waals surface area contributed by atoms with Gasteiger partial charge >= 0.3 is 0 Å². The van der Waals surface area contributed by atoms with Crippen molar-refractivity contribution in [3.8, 4) is 0 Å². The van der Waals surface area contributed by atoms with Gasteiger partial charge in [-0.05, 0) is 60.2 Å². The SMILES string of the molecule is C[C@@H]1CC[C@@H]2C(C)(C)[C@@H](O)[C@@]3(C)CC[C@@]12C3. The molecular formula is C15H26O. The second-order valence-electron chi connectivity index (χ2n) is 7.82. The average Bonchev–Trinajstić information content (AvgIpc) is 2.69. The van der Waals surface area contributed by atoms with Crippen LogP contribution in [-0.2, 0) is 0 Å². The van der Waals surface area contributed by atoms with Crippen LogP contribution in [0.5, 0.6) is 0 Å². The largest absolute Gasteiger partial charge is 0.392 e. The number of hydrogen-bond acceptors (Lipinski definition) is 1. The highest BCUT2D eigenvalue weighted by Crippen LogP contribution is 2.72. The summed E-state index contributed by atoms with van der Waals surface area (Å²) in [4.78, 5) is 0. The molecule has 0 unspecified atom stereocenters. The van der Waals surface area contributed by atoms with Gasteiger partial charge in [0.2, 0.25) is 0 Å². The molecule has 3 aliphatic carbocycles. The van der Waals surface area contributed by atoms with Crippen LogP contribution in [0.3, 0.4) is 0 Å². The van der Waals surface area contributed by atoms with Crippen molar-refractivity contribution >= 4 is 0 Å². The molecule has 0 amide bonds. The molecule has 3 saturated carbocycles. The third kappa shape index (κ3) is 1.02. The lowest BCUT2D eigenvalue weighted by atomic mass is 9.51. The first-order chi connectivity index (χ1) is 7.33. The van der Waals surface area contributed by atoms with Crippen molar-refractivity contribution in [2.75, 3.05) is 0 Å². The van der Waals surface area contributed by atoms with E-state index in [0.717, 1.165) is 11.8 Å². The summed E-state index contributed by atoms with van der Waals surface area (Å²) in [5, 5.41) is 10.7. The maximum absolute atomic E-state index is 10.7. The third-order valence-corrected chi connectivity index (χ3v) is 6.72. The second kappa shape index (κ2) is 2.85. The van der Waals surface area contributed by atoms with Gasteiger partial charge in [-0.1, -0.05) is 27.7 Å². The highest BCUT2D eigenvalue weighted by molar-refractivity contribution is 5.16. The van der Waals surface area contributed by atoms with E-state index in [4.69, 9.17) is 0 Å². The van der Waals surface area contributed by atoms with Gasteiger partial charge in [0.15, 0.2) is 0 Å². The van der Waals surface area contributed by atoms with E-state index >= 15 is 0 Å². The fourth-order valence-electron chi connectivity index (χ4n) is 5.93. The van der Waals surface area contributed by atoms with Gasteiger partial charge in [0.05, 0.1) is 6.10 Å². The molecule has 0 heterocycles. The van der Waals surface area contributed by atoms with Gasteiger partial charge < -0.3 is 5.11 Å². The van der Waals surface area contributed by atoms with E-state index in [1.165, 1.54) is 32.1 Å². The summed E-state index contributed by atoms with van der Waals surface area (Å²) in [7, 11) is 0. The first-order valence-electron chi connectivity index (χ1n) is 7.01. The fourth-order valence-corrected chi connectivity index (χ4v) is 5.93. The van der Waals surface area contributed by atoms with Crippen molar-refractivity contribution in [2.24, 2.45) is 28.1 Å². The van der Waals surface area contributed by atoms with Crippen LogP contribution in [0, 0.1) is 28.1 Å². The number of aliphatic hydroxyl groups excluding tert-OH is 1. The minimum Gasteiger partial charge on any atom is -0.392 e. The standard InChI is InChI=1S/C15H26O/c1-10-5-6-11-13(2,3)12(16)14(4)7-8-15(10,11)9-14/h10-12,16H,5-9H2,1-4H3/t10-,11-,12-,14+,15-/m1/s1. The lowest BCUT2D eigenvalue weighted by Gasteiger charge is -2.55. The Morgan fingerprint density at radius 3 is 2.44 bits per heavy atom. The summed E-state index contributed by atoms with van der Waals surface area (Å²) >= 11 is 0. The van der Waals surface area contributed by atoms with E-state index in [0.29, 0.717) is 5.41 Å². The molecular weight excluding hydrogens is 196 g/mol. The average molecular weight is 222 g/mol. The first kappa shape index (κ1) is 11.1. The second-order valence-corrected chi connectivity index (χ2v) is 7.82. The Morgan fingerprint density at radius 1 is 1.06 bits per heavy atom. The zero-order chi connectivity index (χ0) is 11.8. The van der Waals surface area contributed by atoms with Crippen molar-refractivity contribution < 1.29 is 5.11 Å². The Hall–Kier alpha value is -0.0400. The number of aliphatic hydroxyl groups is 1. The lowest BCUT2D eigenvalue weighted by Crippen LogP contribution is -2.54. The molecule has 0 aromatic rings. The minimum absolute atomic E-state index is 0.0917. The quantitative estimate of drug-likeness (QED) is 0.664. The van der Waals surface area contributed by atoms with E-state index in [-0.39, 0.29) is 16.9 Å². The molecule has 0 aromatic heterocycles. The fraction of sp³-hybridized carbons (Fsp3) is 1.00. The predicted molar refractivity (Wildman–Crippen MR) is 66.1 cm³/mol. The number of hydrogen-bond donors (Lipinski definition) is 1. The smallest absolute Gasteiger partial charge is 0.0647 e. The summed E-state index contributed by atoms with van der Waals surface area (Å²) in [5.74, 6) is 1.65. The Bertz CT molecular complexity index is 321. The van der Waals surface area contributed by atoms with E-state index in [1.54, 1.807) is 0 Å². The van der Waals surface area contributed by atoms with Gasteiger partial charge in [0, 0.05) is 0 Å². The van der Waals surface area contributed by atoms with Crippen molar-refractivity contribution in [1.29, 1.82) is 0 Å². The summed E-state index contributed by atoms with van der Waals surface area (Å²) in [6.07, 6.45) is 6.55. The molecule has 1 heteroatoms. The molecule has 5 atom stereocenters. The molecule has 3 fully saturated rings. The molecule has 16 heavy (non-hydrogen) atoms. The maximum Gasteiger partial charge on any atom is 0.0647 e. The van der Waals surface area contributed by atoms with Crippen LogP contribution in [0.4, 0.5) is 0 Å². The summed E-state index contributed by atoms with van der Waals surface area (Å²) in [5.41, 5.74) is 0.921. The molecule has 3 rings (SSSR count). The summed E-state index contributed by atoms with van der Waals surface area (Å²) in [6.45, 7) is 9.42. The summed E-state index contributed by atoms with van der Waals surface area (Å²) in [6, 6.07) is 0. The van der Waals surface area contributed by atoms with Gasteiger partial charge in [-0.15, -0.1) is 0 Å². The van der Waals surface area contributed by atoms with Gasteiger partial charge in [-0.3, -0.25) is 0 Å². The van der Waals surface area contributed by atoms with Crippen molar-refractivity contribution in [1.82, 2.24) is 0 Å². The zero-order valence-electron chi connectivity index (χ0n) is 11.2. The third-order valence-electron chi connectivity index (χ3n) is 6.72. The Morgan fingerprint density at radius 2 is 1.75 bits per heavy atom. The molecule has 3 aliphatic rings. The van der Waals surface area contributed by atoms with Crippen LogP contribution in [0.15, 0.2) is 0 Å². The molecule has 92 valence electrons. The van der Waals surface area contributed by atoms with Crippen LogP contribution in [-0.4, -0.2) is 11.2 Å². The van der Waals surface area contributed by atoms with E-state index in [1.807, 2.05) is 0 Å². The maximum atomic E-state index is 10.7. The Labute approximate surface area is 99.6 Å². The molecule has 1 nitrogen and oxygen atoms in total. The van der Waals surface area contributed by atoms with Gasteiger partial charge in [0.25, 0.3) is 0 Å². The first-order valence-corrected chi connectivity index (χ1v) is 7.01. The van der Waals surface area contributed by atoms with Crippen molar-refractivity contribution in [2.45, 2.75) is 65.9 Å². The van der Waals surface area contributed by atoms with E-state index < -0.39 is 0 Å². The number of fused-ring (bicyclic) bond motifs is 1. The highest BCUT2D eigenvalue weighted by Gasteiger charge is 2.67. The number of rotatable bonds is 0. The lowest BCUT2D eigenvalue weighted by molar-refractivity contribution is -0.138. The Balaban J connectivity index is 2.10. The highest BCUT2D eigenvalue weighted by atomic mass is 16.3. The van der Waals surface area contributed by atoms with Gasteiger partial charge in [0.1, 0.15) is 0 Å². The monoisotopic (exact) mass is 222 g/mol. The topological polar surface area (TPSA) is 20.2 Å². The van der Waals surface area contributed by atoms with Crippen molar-refractivity contribution in [3.63, 3.8) is 0 Å². The van der Waals surface area contributed by atoms with Crippen LogP contribution in [0.25, 0.3) is 0 Å². The van der Waals surface area contributed by atoms with Crippen LogP contribution in [0.2, 0.25) is 0 Å². The van der Waals surface area contributed by atoms with Gasteiger partial charge in [-0.2, -0.15) is 0 Å². The molecule has 1 spiro atoms. The Kier molecular flexibility index (Phi) is 1.98. The summed E-state index contributed by atoms with van der Waals surface area (Å²) < 4.78 is 0. The minimum atomic E-state index is -0.0917. The van der Waals surface area contributed by atoms with E-state index in [9.17, 15) is 5.11 Å². The molecule has 0 saturated heterocycles. The molecule has 0 aromatic carbocycles. The molecule has 1 N–H and O–H groups in total. The van der Waals surface area contributed by atoms with Crippen molar-refractivity contribution in [3.05, 3.63) is 0 Å². The van der Waals surface area contributed by atoms with Crippen LogP contribution < -0.4 is 0 Å². The van der Waals surface area contributed by atoms with Crippen LogP contribution >= 0.6 is 0 Å². The zero-order valence-corrected chi connectivity index (χ0v) is 11.2. The molecule has 2 bridgehead atoms.